The van der Waals surface area contributed by atoms with Crippen LogP contribution in [-0.2, 0) is 6.54 Å². The third-order valence-corrected chi connectivity index (χ3v) is 3.15. The number of rotatable bonds is 5. The molecule has 0 spiro atoms. The number of aromatic carboxylic acids is 1. The van der Waals surface area contributed by atoms with Crippen molar-refractivity contribution in [2.75, 3.05) is 0 Å². The molecule has 2 rings (SSSR count). The predicted molar refractivity (Wildman–Crippen MR) is 65.9 cm³/mol. The largest absolute Gasteiger partial charge is 0.475 e. The van der Waals surface area contributed by atoms with Gasteiger partial charge in [0.05, 0.1) is 6.04 Å². The Labute approximate surface area is 106 Å². The first kappa shape index (κ1) is 12.6. The molecule has 18 heavy (non-hydrogen) atoms. The zero-order valence-electron chi connectivity index (χ0n) is 9.60. The Morgan fingerprint density at radius 1 is 1.61 bits per heavy atom. The van der Waals surface area contributed by atoms with Crippen molar-refractivity contribution in [3.8, 4) is 0 Å². The minimum absolute atomic E-state index is 0.0809. The van der Waals surface area contributed by atoms with E-state index in [0.29, 0.717) is 12.3 Å². The molecule has 0 aliphatic heterocycles. The van der Waals surface area contributed by atoms with Gasteiger partial charge in [-0.25, -0.2) is 4.79 Å². The zero-order valence-corrected chi connectivity index (χ0v) is 10.4. The Morgan fingerprint density at radius 2 is 2.39 bits per heavy atom. The highest BCUT2D eigenvalue weighted by Gasteiger charge is 2.13. The van der Waals surface area contributed by atoms with E-state index < -0.39 is 5.97 Å². The molecule has 2 aromatic rings. The molecular weight excluding hydrogens is 256 g/mol. The van der Waals surface area contributed by atoms with Crippen molar-refractivity contribution in [2.45, 2.75) is 19.5 Å². The van der Waals surface area contributed by atoms with E-state index in [0.717, 1.165) is 17.0 Å². The van der Waals surface area contributed by atoms with Gasteiger partial charge in [-0.05, 0) is 19.1 Å². The van der Waals surface area contributed by atoms with Gasteiger partial charge in [0.25, 0.3) is 0 Å². The fraction of sp³-hybridized carbons (Fsp3) is 0.273. The van der Waals surface area contributed by atoms with Crippen LogP contribution in [0.5, 0.6) is 0 Å². The number of furan rings is 1. The van der Waals surface area contributed by atoms with Crippen LogP contribution in [0.3, 0.4) is 0 Å². The van der Waals surface area contributed by atoms with Crippen LogP contribution in [0, 0.1) is 0 Å². The highest BCUT2D eigenvalue weighted by Crippen LogP contribution is 2.16. The topological polar surface area (TPSA) is 95.3 Å². The molecule has 6 nitrogen and oxygen atoms in total. The number of carboxylic acids is 1. The Morgan fingerprint density at radius 3 is 2.94 bits per heavy atom. The highest BCUT2D eigenvalue weighted by atomic mass is 32.1. The van der Waals surface area contributed by atoms with E-state index in [1.54, 1.807) is 11.4 Å². The fourth-order valence-corrected chi connectivity index (χ4v) is 2.05. The highest BCUT2D eigenvalue weighted by molar-refractivity contribution is 7.07. The maximum Gasteiger partial charge on any atom is 0.371 e. The molecule has 3 N–H and O–H groups in total. The molecule has 0 amide bonds. The molecule has 0 aliphatic rings. The summed E-state index contributed by atoms with van der Waals surface area (Å²) in [5.41, 5.74) is 0.793. The van der Waals surface area contributed by atoms with Crippen molar-refractivity contribution < 1.29 is 14.3 Å². The van der Waals surface area contributed by atoms with E-state index in [2.05, 4.69) is 10.3 Å². The van der Waals surface area contributed by atoms with Gasteiger partial charge in [0.15, 0.2) is 0 Å². The van der Waals surface area contributed by atoms with Gasteiger partial charge in [0.1, 0.15) is 5.76 Å². The molecule has 2 aromatic heterocycles. The molecule has 1 atom stereocenters. The van der Waals surface area contributed by atoms with E-state index in [9.17, 15) is 9.59 Å². The van der Waals surface area contributed by atoms with E-state index in [-0.39, 0.29) is 16.7 Å². The molecule has 2 heterocycles. The number of carbonyl (C=O) groups is 1. The standard InChI is InChI=1S/C11H12N2O4S/c1-6(8-2-3-9(17-8)10(14)15)12-4-7-5-18-11(16)13-7/h2-3,5-6,12H,4H2,1H3,(H,13,16)(H,14,15). The Balaban J connectivity index is 1.96. The lowest BCUT2D eigenvalue weighted by molar-refractivity contribution is 0.0659. The van der Waals surface area contributed by atoms with E-state index >= 15 is 0 Å². The summed E-state index contributed by atoms with van der Waals surface area (Å²) in [6.07, 6.45) is 0. The molecule has 0 saturated heterocycles. The van der Waals surface area contributed by atoms with E-state index in [4.69, 9.17) is 9.52 Å². The second-order valence-electron chi connectivity index (χ2n) is 3.78. The van der Waals surface area contributed by atoms with Crippen molar-refractivity contribution in [1.82, 2.24) is 10.3 Å². The summed E-state index contributed by atoms with van der Waals surface area (Å²) in [6.45, 7) is 2.35. The molecule has 0 aromatic carbocycles. The number of nitrogens with one attached hydrogen (secondary N) is 2. The third-order valence-electron chi connectivity index (χ3n) is 2.43. The normalized spacial score (nSPS) is 12.5. The van der Waals surface area contributed by atoms with E-state index in [1.807, 2.05) is 6.92 Å². The zero-order chi connectivity index (χ0) is 13.1. The molecular formula is C11H12N2O4S. The average molecular weight is 268 g/mol. The Hall–Kier alpha value is -1.86. The summed E-state index contributed by atoms with van der Waals surface area (Å²) in [4.78, 5) is 24.2. The fourth-order valence-electron chi connectivity index (χ4n) is 1.46. The molecule has 7 heteroatoms. The van der Waals surface area contributed by atoms with Crippen LogP contribution in [0.1, 0.15) is 35.0 Å². The molecule has 0 radical (unpaired) electrons. The minimum Gasteiger partial charge on any atom is -0.475 e. The summed E-state index contributed by atoms with van der Waals surface area (Å²) in [5.74, 6) is -0.622. The van der Waals surface area contributed by atoms with Crippen molar-refractivity contribution >= 4 is 17.3 Å². The molecule has 96 valence electrons. The smallest absolute Gasteiger partial charge is 0.371 e. The van der Waals surface area contributed by atoms with Crippen LogP contribution in [-0.4, -0.2) is 16.1 Å². The molecule has 1 unspecified atom stereocenters. The number of H-pyrrole nitrogens is 1. The van der Waals surface area contributed by atoms with Crippen molar-refractivity contribution in [3.05, 3.63) is 44.4 Å². The first-order valence-corrected chi connectivity index (χ1v) is 6.17. The summed E-state index contributed by atoms with van der Waals surface area (Å²) in [6, 6.07) is 2.90. The summed E-state index contributed by atoms with van der Waals surface area (Å²) >= 11 is 1.11. The lowest BCUT2D eigenvalue weighted by Crippen LogP contribution is -2.18. The number of hydrogen-bond donors (Lipinski definition) is 3. The van der Waals surface area contributed by atoms with Crippen LogP contribution < -0.4 is 10.2 Å². The van der Waals surface area contributed by atoms with Crippen LogP contribution in [0.2, 0.25) is 0 Å². The lowest BCUT2D eigenvalue weighted by atomic mass is 10.2. The van der Waals surface area contributed by atoms with Crippen LogP contribution >= 0.6 is 11.3 Å². The monoisotopic (exact) mass is 268 g/mol. The van der Waals surface area contributed by atoms with Gasteiger partial charge >= 0.3 is 10.8 Å². The van der Waals surface area contributed by atoms with Gasteiger partial charge in [-0.1, -0.05) is 11.3 Å². The van der Waals surface area contributed by atoms with Crippen molar-refractivity contribution in [2.24, 2.45) is 0 Å². The van der Waals surface area contributed by atoms with Gasteiger partial charge in [-0.2, -0.15) is 0 Å². The third kappa shape index (κ3) is 2.88. The molecule has 0 bridgehead atoms. The number of aromatic amines is 1. The molecule has 0 fully saturated rings. The maximum absolute atomic E-state index is 10.9. The van der Waals surface area contributed by atoms with E-state index in [1.165, 1.54) is 6.07 Å². The minimum atomic E-state index is -1.09. The first-order valence-electron chi connectivity index (χ1n) is 5.29. The van der Waals surface area contributed by atoms with Gasteiger partial charge in [-0.15, -0.1) is 0 Å². The first-order chi connectivity index (χ1) is 8.56. The second kappa shape index (κ2) is 5.19. The predicted octanol–water partition coefficient (Wildman–Crippen LogP) is 1.58. The summed E-state index contributed by atoms with van der Waals surface area (Å²) in [7, 11) is 0. The number of carboxylic acid groups (broad SMARTS) is 1. The number of aromatic nitrogens is 1. The number of hydrogen-bond acceptors (Lipinski definition) is 5. The second-order valence-corrected chi connectivity index (χ2v) is 4.63. The SMILES string of the molecule is CC(NCc1csc(=O)[nH]1)c1ccc(C(=O)O)o1. The van der Waals surface area contributed by atoms with Gasteiger partial charge < -0.3 is 19.8 Å². The maximum atomic E-state index is 10.9. The van der Waals surface area contributed by atoms with Crippen LogP contribution in [0.25, 0.3) is 0 Å². The van der Waals surface area contributed by atoms with Crippen molar-refractivity contribution in [3.63, 3.8) is 0 Å². The van der Waals surface area contributed by atoms with Gasteiger partial charge in [0, 0.05) is 17.6 Å². The Bertz CT molecular complexity index is 598. The molecule has 0 saturated carbocycles. The summed E-state index contributed by atoms with van der Waals surface area (Å²) < 4.78 is 5.17. The van der Waals surface area contributed by atoms with Crippen LogP contribution in [0.4, 0.5) is 0 Å². The van der Waals surface area contributed by atoms with Gasteiger partial charge in [-0.3, -0.25) is 4.79 Å². The Kier molecular flexibility index (Phi) is 3.63. The summed E-state index contributed by atoms with van der Waals surface area (Å²) in [5, 5.41) is 13.6. The van der Waals surface area contributed by atoms with Gasteiger partial charge in [0.2, 0.25) is 5.76 Å². The van der Waals surface area contributed by atoms with Crippen molar-refractivity contribution in [1.29, 1.82) is 0 Å². The molecule has 0 aliphatic carbocycles. The number of thiazole rings is 1. The van der Waals surface area contributed by atoms with Crippen LogP contribution in [0.15, 0.2) is 26.7 Å². The lowest BCUT2D eigenvalue weighted by Gasteiger charge is -2.09. The quantitative estimate of drug-likeness (QED) is 0.765. The average Bonchev–Trinajstić information content (AvgIpc) is 2.94.